The first-order valence-electron chi connectivity index (χ1n) is 8.74. The lowest BCUT2D eigenvalue weighted by Gasteiger charge is -2.09. The van der Waals surface area contributed by atoms with Crippen molar-refractivity contribution in [2.75, 3.05) is 0 Å². The van der Waals surface area contributed by atoms with Gasteiger partial charge < -0.3 is 4.98 Å². The van der Waals surface area contributed by atoms with Gasteiger partial charge in [-0.15, -0.1) is 28.1 Å². The maximum absolute atomic E-state index is 12.8. The average molecular weight is 422 g/mol. The molecule has 4 aromatic heterocycles. The van der Waals surface area contributed by atoms with E-state index < -0.39 is 0 Å². The number of H-pyrrole nitrogens is 1. The maximum atomic E-state index is 12.8. The monoisotopic (exact) mass is 422 g/mol. The molecule has 8 nitrogen and oxygen atoms in total. The molecule has 0 saturated carbocycles. The molecular formula is C19H14N6O2S2. The van der Waals surface area contributed by atoms with Gasteiger partial charge in [-0.1, -0.05) is 30.0 Å². The van der Waals surface area contributed by atoms with Crippen LogP contribution in [-0.4, -0.2) is 29.1 Å². The minimum atomic E-state index is -0.142. The zero-order chi connectivity index (χ0) is 20.0. The second kappa shape index (κ2) is 6.98. The highest BCUT2D eigenvalue weighted by Gasteiger charge is 2.16. The van der Waals surface area contributed by atoms with Crippen LogP contribution < -0.4 is 11.1 Å². The summed E-state index contributed by atoms with van der Waals surface area (Å²) in [6, 6.07) is 9.19. The molecule has 5 rings (SSSR count). The minimum Gasteiger partial charge on any atom is -0.309 e. The lowest BCUT2D eigenvalue weighted by atomic mass is 10.2. The summed E-state index contributed by atoms with van der Waals surface area (Å²) in [6.45, 7) is 4.06. The van der Waals surface area contributed by atoms with Crippen LogP contribution in [-0.2, 0) is 12.3 Å². The van der Waals surface area contributed by atoms with E-state index in [0.717, 1.165) is 5.52 Å². The fourth-order valence-electron chi connectivity index (χ4n) is 3.24. The van der Waals surface area contributed by atoms with Gasteiger partial charge in [0.25, 0.3) is 11.1 Å². The van der Waals surface area contributed by atoms with Crippen molar-refractivity contribution in [3.05, 3.63) is 74.9 Å². The second-order valence-corrected chi connectivity index (χ2v) is 8.13. The number of hydrogen-bond acceptors (Lipinski definition) is 7. The summed E-state index contributed by atoms with van der Waals surface area (Å²) in [5.74, 6) is 1.42. The van der Waals surface area contributed by atoms with Gasteiger partial charge >= 0.3 is 0 Å². The molecule has 10 heteroatoms. The molecule has 0 radical (unpaired) electrons. The van der Waals surface area contributed by atoms with Gasteiger partial charge in [-0.05, 0) is 23.6 Å². The first kappa shape index (κ1) is 17.8. The van der Waals surface area contributed by atoms with Crippen molar-refractivity contribution >= 4 is 50.0 Å². The third-order valence-electron chi connectivity index (χ3n) is 4.49. The fraction of sp³-hybridized carbons (Fsp3) is 0.105. The van der Waals surface area contributed by atoms with Gasteiger partial charge in [0.1, 0.15) is 10.5 Å². The van der Waals surface area contributed by atoms with E-state index in [-0.39, 0.29) is 11.1 Å². The van der Waals surface area contributed by atoms with E-state index >= 15 is 0 Å². The summed E-state index contributed by atoms with van der Waals surface area (Å²) in [6.07, 6.45) is 1.66. The van der Waals surface area contributed by atoms with Crippen molar-refractivity contribution < 1.29 is 0 Å². The van der Waals surface area contributed by atoms with Gasteiger partial charge in [0, 0.05) is 6.54 Å². The van der Waals surface area contributed by atoms with Crippen molar-refractivity contribution in [3.63, 3.8) is 0 Å². The normalized spacial score (nSPS) is 11.6. The molecule has 5 aromatic rings. The Labute approximate surface area is 171 Å². The molecule has 0 unspecified atom stereocenters. The van der Waals surface area contributed by atoms with E-state index in [1.807, 2.05) is 34.0 Å². The Morgan fingerprint density at radius 2 is 2.07 bits per heavy atom. The molecule has 0 aliphatic rings. The number of aromatic nitrogens is 6. The highest BCUT2D eigenvalue weighted by molar-refractivity contribution is 7.98. The molecule has 0 spiro atoms. The van der Waals surface area contributed by atoms with E-state index in [9.17, 15) is 9.59 Å². The topological polar surface area (TPSA) is 97.9 Å². The standard InChI is InChI=1S/C19H14N6O2S2/c1-2-8-24-17(27)11-5-3-4-6-13(11)25-18(24)22-23-19(25)29-10-14-20-12-7-9-28-15(12)16(26)21-14/h2-7,9H,1,8,10H2,(H,20,21,26). The number of nitrogens with zero attached hydrogens (tertiary/aromatic N) is 5. The van der Waals surface area contributed by atoms with Crippen LogP contribution in [0.1, 0.15) is 5.82 Å². The van der Waals surface area contributed by atoms with Crippen molar-refractivity contribution in [2.45, 2.75) is 17.5 Å². The number of rotatable bonds is 5. The Morgan fingerprint density at radius 3 is 2.93 bits per heavy atom. The highest BCUT2D eigenvalue weighted by atomic mass is 32.2. The number of thiophene rings is 1. The Balaban J connectivity index is 1.62. The van der Waals surface area contributed by atoms with Crippen LogP contribution in [0.2, 0.25) is 0 Å². The van der Waals surface area contributed by atoms with Gasteiger partial charge in [-0.3, -0.25) is 18.6 Å². The van der Waals surface area contributed by atoms with E-state index in [2.05, 4.69) is 26.7 Å². The number of thioether (sulfide) groups is 1. The number of nitrogens with one attached hydrogen (secondary N) is 1. The molecule has 4 heterocycles. The van der Waals surface area contributed by atoms with Gasteiger partial charge in [0.15, 0.2) is 5.16 Å². The van der Waals surface area contributed by atoms with Crippen LogP contribution in [0, 0.1) is 0 Å². The second-order valence-electron chi connectivity index (χ2n) is 6.28. The number of benzene rings is 1. The van der Waals surface area contributed by atoms with Crippen LogP contribution >= 0.6 is 23.1 Å². The van der Waals surface area contributed by atoms with Crippen molar-refractivity contribution in [1.82, 2.24) is 29.1 Å². The van der Waals surface area contributed by atoms with Gasteiger partial charge in [-0.25, -0.2) is 4.98 Å². The van der Waals surface area contributed by atoms with Crippen molar-refractivity contribution in [2.24, 2.45) is 0 Å². The molecule has 144 valence electrons. The van der Waals surface area contributed by atoms with E-state index in [0.29, 0.717) is 44.7 Å². The Kier molecular flexibility index (Phi) is 4.29. The summed E-state index contributed by atoms with van der Waals surface area (Å²) < 4.78 is 4.02. The van der Waals surface area contributed by atoms with Gasteiger partial charge in [0.2, 0.25) is 5.78 Å². The SMILES string of the molecule is C=CCn1c(=O)c2ccccc2n2c(SCc3nc4ccsc4c(=O)[nH]3)nnc12. The molecule has 0 atom stereocenters. The smallest absolute Gasteiger partial charge is 0.268 e. The Hall–Kier alpha value is -3.24. The van der Waals surface area contributed by atoms with E-state index in [4.69, 9.17) is 0 Å². The molecule has 0 amide bonds. The van der Waals surface area contributed by atoms with Crippen LogP contribution in [0.25, 0.3) is 26.9 Å². The maximum Gasteiger partial charge on any atom is 0.268 e. The van der Waals surface area contributed by atoms with Crippen LogP contribution in [0.5, 0.6) is 0 Å². The van der Waals surface area contributed by atoms with E-state index in [1.54, 1.807) is 16.7 Å². The van der Waals surface area contributed by atoms with E-state index in [1.165, 1.54) is 23.1 Å². The Bertz CT molecular complexity index is 1510. The predicted octanol–water partition coefficient (Wildman–Crippen LogP) is 2.82. The van der Waals surface area contributed by atoms with Crippen LogP contribution in [0.15, 0.2) is 63.1 Å². The third kappa shape index (κ3) is 2.88. The largest absolute Gasteiger partial charge is 0.309 e. The summed E-state index contributed by atoms with van der Waals surface area (Å²) in [7, 11) is 0. The van der Waals surface area contributed by atoms with Crippen molar-refractivity contribution in [1.29, 1.82) is 0 Å². The van der Waals surface area contributed by atoms with Crippen LogP contribution in [0.3, 0.4) is 0 Å². The summed E-state index contributed by atoms with van der Waals surface area (Å²) >= 11 is 2.77. The molecule has 0 fully saturated rings. The zero-order valence-electron chi connectivity index (χ0n) is 15.0. The predicted molar refractivity (Wildman–Crippen MR) is 115 cm³/mol. The molecule has 29 heavy (non-hydrogen) atoms. The molecule has 1 aromatic carbocycles. The summed E-state index contributed by atoms with van der Waals surface area (Å²) in [5.41, 5.74) is 1.14. The zero-order valence-corrected chi connectivity index (χ0v) is 16.7. The number of allylic oxidation sites excluding steroid dienone is 1. The van der Waals surface area contributed by atoms with Crippen molar-refractivity contribution in [3.8, 4) is 0 Å². The number of fused-ring (bicyclic) bond motifs is 4. The molecule has 1 N–H and O–H groups in total. The first-order chi connectivity index (χ1) is 14.2. The highest BCUT2D eigenvalue weighted by Crippen LogP contribution is 2.24. The third-order valence-corrected chi connectivity index (χ3v) is 6.33. The van der Waals surface area contributed by atoms with Gasteiger partial charge in [0.05, 0.1) is 22.2 Å². The molecule has 0 aliphatic carbocycles. The quantitative estimate of drug-likeness (QED) is 0.345. The molecular weight excluding hydrogens is 408 g/mol. The fourth-order valence-corrected chi connectivity index (χ4v) is 4.78. The number of aromatic amines is 1. The lowest BCUT2D eigenvalue weighted by molar-refractivity contribution is 0.783. The summed E-state index contributed by atoms with van der Waals surface area (Å²) in [5, 5.41) is 11.6. The number of para-hydroxylation sites is 1. The first-order valence-corrected chi connectivity index (χ1v) is 10.6. The lowest BCUT2D eigenvalue weighted by Crippen LogP contribution is -2.22. The minimum absolute atomic E-state index is 0.133. The molecule has 0 bridgehead atoms. The van der Waals surface area contributed by atoms with Crippen LogP contribution in [0.4, 0.5) is 0 Å². The molecule has 0 saturated heterocycles. The molecule has 0 aliphatic heterocycles. The number of hydrogen-bond donors (Lipinski definition) is 1. The average Bonchev–Trinajstić information content (AvgIpc) is 3.37. The Morgan fingerprint density at radius 1 is 1.21 bits per heavy atom. The van der Waals surface area contributed by atoms with Gasteiger partial charge in [-0.2, -0.15) is 0 Å². The summed E-state index contributed by atoms with van der Waals surface area (Å²) in [4.78, 5) is 32.4.